The highest BCUT2D eigenvalue weighted by molar-refractivity contribution is 5.74. The predicted octanol–water partition coefficient (Wildman–Crippen LogP) is 2.64. The number of β-amino-alcohol motifs (C(OH)–C–C–N with tert-alkyl or cyclic N) is 1. The molecular formula is C21H32FN3O2. The molecule has 2 fully saturated rings. The minimum Gasteiger partial charge on any atom is -0.392 e. The Balaban J connectivity index is 1.31. The summed E-state index contributed by atoms with van der Waals surface area (Å²) in [6.45, 7) is 4.86. The van der Waals surface area contributed by atoms with Crippen molar-refractivity contribution in [2.24, 2.45) is 5.92 Å². The summed E-state index contributed by atoms with van der Waals surface area (Å²) in [6, 6.07) is 6.99. The summed E-state index contributed by atoms with van der Waals surface area (Å²) < 4.78 is 13.8. The van der Waals surface area contributed by atoms with Gasteiger partial charge < -0.3 is 20.2 Å². The first-order chi connectivity index (χ1) is 13.1. The second-order valence-electron chi connectivity index (χ2n) is 7.91. The molecular weight excluding hydrogens is 345 g/mol. The highest BCUT2D eigenvalue weighted by Gasteiger charge is 2.23. The first kappa shape index (κ1) is 20.1. The van der Waals surface area contributed by atoms with Crippen molar-refractivity contribution in [3.63, 3.8) is 0 Å². The summed E-state index contributed by atoms with van der Waals surface area (Å²) in [5.41, 5.74) is 0.781. The Kier molecular flexibility index (Phi) is 7.47. The number of hydrogen-bond acceptors (Lipinski definition) is 3. The van der Waals surface area contributed by atoms with Gasteiger partial charge in [-0.15, -0.1) is 0 Å². The second-order valence-corrected chi connectivity index (χ2v) is 7.91. The lowest BCUT2D eigenvalue weighted by Crippen LogP contribution is -2.45. The maximum atomic E-state index is 13.8. The smallest absolute Gasteiger partial charge is 0.317 e. The van der Waals surface area contributed by atoms with Gasteiger partial charge in [0.2, 0.25) is 0 Å². The van der Waals surface area contributed by atoms with Crippen molar-refractivity contribution >= 4 is 6.03 Å². The quantitative estimate of drug-likeness (QED) is 0.750. The number of urea groups is 1. The van der Waals surface area contributed by atoms with Gasteiger partial charge in [0.05, 0.1) is 6.10 Å². The zero-order valence-corrected chi connectivity index (χ0v) is 16.1. The third-order valence-electron chi connectivity index (χ3n) is 5.78. The van der Waals surface area contributed by atoms with E-state index in [1.54, 1.807) is 6.07 Å². The molecule has 2 heterocycles. The molecule has 1 atom stereocenters. The van der Waals surface area contributed by atoms with Crippen molar-refractivity contribution < 1.29 is 14.3 Å². The number of likely N-dealkylation sites (tertiary alicyclic amines) is 2. The van der Waals surface area contributed by atoms with E-state index in [4.69, 9.17) is 0 Å². The van der Waals surface area contributed by atoms with Crippen molar-refractivity contribution in [3.05, 3.63) is 35.6 Å². The minimum atomic E-state index is -0.195. The molecule has 0 unspecified atom stereocenters. The van der Waals surface area contributed by atoms with Gasteiger partial charge >= 0.3 is 6.03 Å². The summed E-state index contributed by atoms with van der Waals surface area (Å²) >= 11 is 0. The van der Waals surface area contributed by atoms with Crippen molar-refractivity contribution in [2.45, 2.75) is 44.6 Å². The number of aliphatic hydroxyl groups is 1. The van der Waals surface area contributed by atoms with Gasteiger partial charge in [0.15, 0.2) is 0 Å². The van der Waals surface area contributed by atoms with Crippen LogP contribution in [0.25, 0.3) is 0 Å². The van der Waals surface area contributed by atoms with E-state index in [1.807, 2.05) is 17.0 Å². The molecule has 150 valence electrons. The zero-order valence-electron chi connectivity index (χ0n) is 16.1. The highest BCUT2D eigenvalue weighted by atomic mass is 19.1. The van der Waals surface area contributed by atoms with Gasteiger partial charge in [-0.3, -0.25) is 0 Å². The zero-order chi connectivity index (χ0) is 19.1. The van der Waals surface area contributed by atoms with Crippen molar-refractivity contribution in [3.8, 4) is 0 Å². The van der Waals surface area contributed by atoms with Crippen molar-refractivity contribution in [2.75, 3.05) is 39.3 Å². The van der Waals surface area contributed by atoms with Gasteiger partial charge in [-0.25, -0.2) is 9.18 Å². The van der Waals surface area contributed by atoms with Crippen LogP contribution in [-0.4, -0.2) is 66.3 Å². The van der Waals surface area contributed by atoms with Gasteiger partial charge in [0.25, 0.3) is 0 Å². The Morgan fingerprint density at radius 3 is 2.70 bits per heavy atom. The lowest BCUT2D eigenvalue weighted by molar-refractivity contribution is 0.0701. The van der Waals surface area contributed by atoms with Gasteiger partial charge in [0, 0.05) is 26.2 Å². The standard InChI is InChI=1S/C21H32FN3O2/c22-20-7-2-1-5-18(20)15-17-8-13-25(14-9-17)21(27)23-10-4-12-24-11-3-6-19(26)16-24/h1-2,5,7,17,19,26H,3-4,6,8-16H2,(H,23,27)/t19-/m0/s1. The molecule has 2 aliphatic heterocycles. The van der Waals surface area contributed by atoms with E-state index in [-0.39, 0.29) is 18.0 Å². The number of nitrogens with zero attached hydrogens (tertiary/aromatic N) is 2. The van der Waals surface area contributed by atoms with Crippen LogP contribution in [-0.2, 0) is 6.42 Å². The van der Waals surface area contributed by atoms with Crippen LogP contribution in [0.5, 0.6) is 0 Å². The second kappa shape index (κ2) is 10.0. The van der Waals surface area contributed by atoms with Gasteiger partial charge in [-0.2, -0.15) is 0 Å². The average Bonchev–Trinajstić information content (AvgIpc) is 2.67. The summed E-state index contributed by atoms with van der Waals surface area (Å²) in [7, 11) is 0. The number of hydrogen-bond donors (Lipinski definition) is 2. The third kappa shape index (κ3) is 6.18. The molecule has 27 heavy (non-hydrogen) atoms. The maximum absolute atomic E-state index is 13.8. The van der Waals surface area contributed by atoms with E-state index in [1.165, 1.54) is 6.07 Å². The number of carbonyl (C=O) groups excluding carboxylic acids is 1. The fraction of sp³-hybridized carbons (Fsp3) is 0.667. The van der Waals surface area contributed by atoms with E-state index in [0.29, 0.717) is 12.5 Å². The first-order valence-electron chi connectivity index (χ1n) is 10.3. The van der Waals surface area contributed by atoms with Crippen molar-refractivity contribution in [1.82, 2.24) is 15.1 Å². The van der Waals surface area contributed by atoms with Crippen LogP contribution in [0.3, 0.4) is 0 Å². The molecule has 5 nitrogen and oxygen atoms in total. The van der Waals surface area contributed by atoms with E-state index >= 15 is 0 Å². The Morgan fingerprint density at radius 1 is 1.19 bits per heavy atom. The van der Waals surface area contributed by atoms with Crippen LogP contribution in [0, 0.1) is 11.7 Å². The number of piperidine rings is 2. The Hall–Kier alpha value is -1.66. The topological polar surface area (TPSA) is 55.8 Å². The third-order valence-corrected chi connectivity index (χ3v) is 5.78. The average molecular weight is 378 g/mol. The summed E-state index contributed by atoms with van der Waals surface area (Å²) in [4.78, 5) is 16.5. The number of nitrogens with one attached hydrogen (secondary N) is 1. The van der Waals surface area contributed by atoms with E-state index < -0.39 is 0 Å². The van der Waals surface area contributed by atoms with Gasteiger partial charge in [-0.1, -0.05) is 18.2 Å². The number of benzene rings is 1. The molecule has 6 heteroatoms. The molecule has 0 spiro atoms. The minimum absolute atomic E-state index is 0.0121. The molecule has 0 bridgehead atoms. The number of amides is 2. The molecule has 2 aliphatic rings. The fourth-order valence-electron chi connectivity index (χ4n) is 4.16. The van der Waals surface area contributed by atoms with Crippen LogP contribution in [0.2, 0.25) is 0 Å². The van der Waals surface area contributed by atoms with Gasteiger partial charge in [0.1, 0.15) is 5.82 Å². The first-order valence-corrected chi connectivity index (χ1v) is 10.3. The van der Waals surface area contributed by atoms with E-state index in [9.17, 15) is 14.3 Å². The molecule has 0 radical (unpaired) electrons. The maximum Gasteiger partial charge on any atom is 0.317 e. The fourth-order valence-corrected chi connectivity index (χ4v) is 4.16. The number of rotatable bonds is 6. The lowest BCUT2D eigenvalue weighted by Gasteiger charge is -2.32. The molecule has 1 aromatic rings. The van der Waals surface area contributed by atoms with E-state index in [0.717, 1.165) is 76.8 Å². The van der Waals surface area contributed by atoms with Crippen LogP contribution in [0.15, 0.2) is 24.3 Å². The number of halogens is 1. The Morgan fingerprint density at radius 2 is 1.96 bits per heavy atom. The molecule has 0 aliphatic carbocycles. The molecule has 0 saturated carbocycles. The molecule has 3 rings (SSSR count). The normalized spacial score (nSPS) is 22.0. The van der Waals surface area contributed by atoms with Crippen LogP contribution in [0.4, 0.5) is 9.18 Å². The monoisotopic (exact) mass is 377 g/mol. The molecule has 2 amide bonds. The van der Waals surface area contributed by atoms with Crippen LogP contribution >= 0.6 is 0 Å². The number of carbonyl (C=O) groups is 1. The summed E-state index contributed by atoms with van der Waals surface area (Å²) in [5, 5.41) is 12.7. The SMILES string of the molecule is O=C(NCCCN1CCC[C@H](O)C1)N1CCC(Cc2ccccc2F)CC1. The van der Waals surface area contributed by atoms with Crippen LogP contribution < -0.4 is 5.32 Å². The summed E-state index contributed by atoms with van der Waals surface area (Å²) in [6.07, 6.45) is 5.27. The predicted molar refractivity (Wildman–Crippen MR) is 104 cm³/mol. The molecule has 0 aromatic heterocycles. The molecule has 2 saturated heterocycles. The highest BCUT2D eigenvalue weighted by Crippen LogP contribution is 2.23. The Bertz CT molecular complexity index is 605. The van der Waals surface area contributed by atoms with Crippen LogP contribution in [0.1, 0.15) is 37.7 Å². The van der Waals surface area contributed by atoms with E-state index in [2.05, 4.69) is 10.2 Å². The number of aliphatic hydroxyl groups excluding tert-OH is 1. The summed E-state index contributed by atoms with van der Waals surface area (Å²) in [5.74, 6) is 0.315. The molecule has 2 N–H and O–H groups in total. The largest absolute Gasteiger partial charge is 0.392 e. The molecule has 1 aromatic carbocycles. The lowest BCUT2D eigenvalue weighted by atomic mass is 9.90. The Labute approximate surface area is 161 Å². The van der Waals surface area contributed by atoms with Gasteiger partial charge in [-0.05, 0) is 69.2 Å². The van der Waals surface area contributed by atoms with Crippen molar-refractivity contribution in [1.29, 1.82) is 0 Å².